The second-order valence-electron chi connectivity index (χ2n) is 7.11. The van der Waals surface area contributed by atoms with Crippen LogP contribution in [-0.4, -0.2) is 31.8 Å². The number of rotatable bonds is 6. The molecular weight excluding hydrogens is 455 g/mol. The van der Waals surface area contributed by atoms with Crippen LogP contribution in [0.3, 0.4) is 0 Å². The molecule has 0 aliphatic rings. The summed E-state index contributed by atoms with van der Waals surface area (Å²) in [5.74, 6) is 0.106. The van der Waals surface area contributed by atoms with Crippen molar-refractivity contribution in [1.29, 1.82) is 0 Å². The summed E-state index contributed by atoms with van der Waals surface area (Å²) >= 11 is 7.13. The molecule has 3 aromatic rings. The molecule has 2 aromatic heterocycles. The van der Waals surface area contributed by atoms with Crippen molar-refractivity contribution in [3.63, 3.8) is 0 Å². The number of alkyl halides is 3. The summed E-state index contributed by atoms with van der Waals surface area (Å²) in [5, 5.41) is 9.95. The van der Waals surface area contributed by atoms with E-state index in [0.29, 0.717) is 10.6 Å². The first kappa shape index (κ1) is 23.1. The fourth-order valence-corrected chi connectivity index (χ4v) is 3.40. The van der Waals surface area contributed by atoms with E-state index in [0.717, 1.165) is 23.9 Å². The van der Waals surface area contributed by atoms with Gasteiger partial charge in [0.1, 0.15) is 11.6 Å². The summed E-state index contributed by atoms with van der Waals surface area (Å²) in [5.41, 5.74) is -1.99. The van der Waals surface area contributed by atoms with Crippen molar-refractivity contribution in [2.75, 3.05) is 6.61 Å². The quantitative estimate of drug-likeness (QED) is 0.566. The maximum Gasteiger partial charge on any atom is 0.416 e. The number of nitrogens with zero attached hydrogens (tertiary/aromatic N) is 3. The van der Waals surface area contributed by atoms with E-state index in [1.807, 2.05) is 0 Å². The molecule has 0 aliphatic heterocycles. The Morgan fingerprint density at radius 1 is 1.19 bits per heavy atom. The van der Waals surface area contributed by atoms with Crippen LogP contribution in [0.1, 0.15) is 19.4 Å². The normalized spacial score (nSPS) is 12.1. The van der Waals surface area contributed by atoms with Gasteiger partial charge >= 0.3 is 6.18 Å². The molecular formula is C20H17ClF3N3O3S. The molecule has 0 fully saturated rings. The molecule has 0 atom stereocenters. The molecule has 0 spiro atoms. The number of halogens is 4. The molecule has 0 saturated heterocycles. The number of hydrogen-bond donors (Lipinski definition) is 1. The Balaban J connectivity index is 1.84. The summed E-state index contributed by atoms with van der Waals surface area (Å²) in [6.45, 7) is 3.12. The molecule has 0 saturated carbocycles. The Hall–Kier alpha value is -2.56. The fourth-order valence-electron chi connectivity index (χ4n) is 2.39. The summed E-state index contributed by atoms with van der Waals surface area (Å²) in [7, 11) is 0. The van der Waals surface area contributed by atoms with Gasteiger partial charge in [-0.05, 0) is 44.2 Å². The third kappa shape index (κ3) is 5.99. The minimum Gasteiger partial charge on any atom is -0.474 e. The van der Waals surface area contributed by atoms with Crippen LogP contribution in [0.25, 0.3) is 5.69 Å². The molecule has 0 aliphatic carbocycles. The highest BCUT2D eigenvalue weighted by Gasteiger charge is 2.30. The van der Waals surface area contributed by atoms with Crippen LogP contribution < -0.4 is 10.3 Å². The average molecular weight is 472 g/mol. The van der Waals surface area contributed by atoms with E-state index in [-0.39, 0.29) is 22.5 Å². The maximum atomic E-state index is 12.8. The van der Waals surface area contributed by atoms with Crippen molar-refractivity contribution < 1.29 is 23.0 Å². The van der Waals surface area contributed by atoms with E-state index in [1.54, 1.807) is 13.8 Å². The van der Waals surface area contributed by atoms with E-state index in [4.69, 9.17) is 16.3 Å². The fraction of sp³-hybridized carbons (Fsp3) is 0.250. The van der Waals surface area contributed by atoms with E-state index in [1.165, 1.54) is 41.4 Å². The smallest absolute Gasteiger partial charge is 0.416 e. The molecule has 3 rings (SSSR count). The largest absolute Gasteiger partial charge is 0.474 e. The lowest BCUT2D eigenvalue weighted by atomic mass is 10.2. The predicted octanol–water partition coefficient (Wildman–Crippen LogP) is 4.60. The lowest BCUT2D eigenvalue weighted by Crippen LogP contribution is -2.28. The van der Waals surface area contributed by atoms with Gasteiger partial charge in [0.05, 0.1) is 23.0 Å². The first-order chi connectivity index (χ1) is 14.4. The van der Waals surface area contributed by atoms with E-state index >= 15 is 0 Å². The van der Waals surface area contributed by atoms with Crippen LogP contribution in [0.2, 0.25) is 5.02 Å². The van der Waals surface area contributed by atoms with Crippen molar-refractivity contribution in [2.45, 2.75) is 35.5 Å². The zero-order valence-corrected chi connectivity index (χ0v) is 17.9. The second kappa shape index (κ2) is 8.89. The Morgan fingerprint density at radius 2 is 1.87 bits per heavy atom. The highest BCUT2D eigenvalue weighted by molar-refractivity contribution is 7.99. The first-order valence-electron chi connectivity index (χ1n) is 8.88. The predicted molar refractivity (Wildman–Crippen MR) is 110 cm³/mol. The van der Waals surface area contributed by atoms with Gasteiger partial charge in [0.15, 0.2) is 5.03 Å². The van der Waals surface area contributed by atoms with Crippen LogP contribution in [0, 0.1) is 0 Å². The lowest BCUT2D eigenvalue weighted by Gasteiger charge is -2.18. The van der Waals surface area contributed by atoms with Gasteiger partial charge in [0.2, 0.25) is 5.88 Å². The average Bonchev–Trinajstić information content (AvgIpc) is 2.68. The number of benzene rings is 1. The van der Waals surface area contributed by atoms with Gasteiger partial charge in [-0.2, -0.15) is 13.2 Å². The van der Waals surface area contributed by atoms with Crippen LogP contribution >= 0.6 is 23.4 Å². The standard InChI is InChI=1S/C20H17ClF3N3O3S/c1-19(2,29)11-30-16-15(21)9-13(10-26-16)27-8-7-25-17(18(27)28)31-14-5-3-12(4-6-14)20(22,23)24/h3-10,29H,11H2,1-2H3. The number of aliphatic hydroxyl groups is 1. The Labute approximate surface area is 184 Å². The van der Waals surface area contributed by atoms with Gasteiger partial charge in [-0.25, -0.2) is 9.97 Å². The molecule has 0 amide bonds. The maximum absolute atomic E-state index is 12.8. The SMILES string of the molecule is CC(C)(O)COc1ncc(-n2ccnc(Sc3ccc(C(F)(F)F)cc3)c2=O)cc1Cl. The number of aromatic nitrogens is 3. The number of pyridine rings is 1. The molecule has 0 unspecified atom stereocenters. The first-order valence-corrected chi connectivity index (χ1v) is 10.1. The minimum atomic E-state index is -4.43. The van der Waals surface area contributed by atoms with Gasteiger partial charge in [-0.3, -0.25) is 9.36 Å². The van der Waals surface area contributed by atoms with Crippen molar-refractivity contribution in [3.05, 3.63) is 69.9 Å². The zero-order valence-electron chi connectivity index (χ0n) is 16.4. The van der Waals surface area contributed by atoms with Crippen molar-refractivity contribution in [2.24, 2.45) is 0 Å². The molecule has 164 valence electrons. The zero-order chi connectivity index (χ0) is 22.8. The minimum absolute atomic E-state index is 0.0256. The molecule has 1 aromatic carbocycles. The molecule has 0 radical (unpaired) electrons. The summed E-state index contributed by atoms with van der Waals surface area (Å²) < 4.78 is 44.8. The Bertz CT molecular complexity index is 1130. The highest BCUT2D eigenvalue weighted by atomic mass is 35.5. The van der Waals surface area contributed by atoms with Crippen LogP contribution in [0.4, 0.5) is 13.2 Å². The van der Waals surface area contributed by atoms with E-state index in [2.05, 4.69) is 9.97 Å². The van der Waals surface area contributed by atoms with Crippen LogP contribution in [-0.2, 0) is 6.18 Å². The molecule has 0 bridgehead atoms. The van der Waals surface area contributed by atoms with Crippen LogP contribution in [0.15, 0.2) is 63.6 Å². The van der Waals surface area contributed by atoms with Crippen LogP contribution in [0.5, 0.6) is 5.88 Å². The van der Waals surface area contributed by atoms with Gasteiger partial charge in [-0.15, -0.1) is 0 Å². The van der Waals surface area contributed by atoms with Gasteiger partial charge in [0, 0.05) is 17.3 Å². The van der Waals surface area contributed by atoms with Crippen molar-refractivity contribution in [1.82, 2.24) is 14.5 Å². The topological polar surface area (TPSA) is 77.2 Å². The van der Waals surface area contributed by atoms with Crippen molar-refractivity contribution in [3.8, 4) is 11.6 Å². The highest BCUT2D eigenvalue weighted by Crippen LogP contribution is 2.32. The summed E-state index contributed by atoms with van der Waals surface area (Å²) in [6, 6.07) is 5.92. The number of hydrogen-bond acceptors (Lipinski definition) is 6. The third-order valence-electron chi connectivity index (χ3n) is 3.84. The van der Waals surface area contributed by atoms with E-state index in [9.17, 15) is 23.1 Å². The molecule has 31 heavy (non-hydrogen) atoms. The Morgan fingerprint density at radius 3 is 2.45 bits per heavy atom. The van der Waals surface area contributed by atoms with Gasteiger partial charge in [-0.1, -0.05) is 23.4 Å². The third-order valence-corrected chi connectivity index (χ3v) is 5.09. The Kier molecular flexibility index (Phi) is 6.63. The van der Waals surface area contributed by atoms with Crippen molar-refractivity contribution >= 4 is 23.4 Å². The lowest BCUT2D eigenvalue weighted by molar-refractivity contribution is -0.137. The molecule has 6 nitrogen and oxygen atoms in total. The van der Waals surface area contributed by atoms with E-state index < -0.39 is 22.9 Å². The summed E-state index contributed by atoms with van der Waals surface area (Å²) in [6.07, 6.45) is -0.250. The van der Waals surface area contributed by atoms with Gasteiger partial charge in [0.25, 0.3) is 5.56 Å². The monoisotopic (exact) mass is 471 g/mol. The van der Waals surface area contributed by atoms with Gasteiger partial charge < -0.3 is 9.84 Å². The molecule has 11 heteroatoms. The molecule has 1 N–H and O–H groups in total. The molecule has 2 heterocycles. The number of ether oxygens (including phenoxy) is 1. The second-order valence-corrected chi connectivity index (χ2v) is 8.58. The summed E-state index contributed by atoms with van der Waals surface area (Å²) in [4.78, 5) is 21.4.